The van der Waals surface area contributed by atoms with Crippen molar-refractivity contribution < 1.29 is 14.3 Å². The zero-order valence-corrected chi connectivity index (χ0v) is 21.2. The van der Waals surface area contributed by atoms with Crippen molar-refractivity contribution in [1.82, 2.24) is 0 Å². The zero-order chi connectivity index (χ0) is 25.4. The van der Waals surface area contributed by atoms with Crippen molar-refractivity contribution in [3.05, 3.63) is 101 Å². The Bertz CT molecular complexity index is 1320. The van der Waals surface area contributed by atoms with Gasteiger partial charge in [-0.1, -0.05) is 54.1 Å². The summed E-state index contributed by atoms with van der Waals surface area (Å²) in [7, 11) is 0. The second-order valence-electron chi connectivity index (χ2n) is 10.0. The summed E-state index contributed by atoms with van der Waals surface area (Å²) in [5.74, 6) is 0.807. The first-order valence-corrected chi connectivity index (χ1v) is 12.6. The molecule has 36 heavy (non-hydrogen) atoms. The number of Topliss-reactive ketones (excluding diaryl/α,β-unsaturated/α-hetero) is 1. The minimum atomic E-state index is -0.520. The average molecular weight is 481 g/mol. The van der Waals surface area contributed by atoms with Crippen LogP contribution in [0.25, 0.3) is 0 Å². The van der Waals surface area contributed by atoms with Gasteiger partial charge in [-0.05, 0) is 68.5 Å². The predicted octanol–water partition coefficient (Wildman–Crippen LogP) is 6.70. The number of anilines is 2. The summed E-state index contributed by atoms with van der Waals surface area (Å²) in [6, 6.07) is 23.5. The molecule has 2 aliphatic rings. The summed E-state index contributed by atoms with van der Waals surface area (Å²) in [6.07, 6.45) is 1.18. The summed E-state index contributed by atoms with van der Waals surface area (Å²) in [5, 5.41) is 3.57. The molecule has 3 aromatic rings. The highest BCUT2D eigenvalue weighted by atomic mass is 16.5. The van der Waals surface area contributed by atoms with Crippen molar-refractivity contribution >= 4 is 23.1 Å². The van der Waals surface area contributed by atoms with Gasteiger partial charge in [0.1, 0.15) is 5.75 Å². The minimum absolute atomic E-state index is 0.0615. The number of allylic oxidation sites excluding steroid dienone is 1. The number of carbonyl (C=O) groups excluding carboxylic acids is 2. The van der Waals surface area contributed by atoms with Crippen LogP contribution >= 0.6 is 0 Å². The maximum Gasteiger partial charge on any atom is 0.224 e. The molecule has 5 nitrogen and oxygen atoms in total. The van der Waals surface area contributed by atoms with Crippen molar-refractivity contribution in [2.24, 2.45) is 0 Å². The fourth-order valence-corrected chi connectivity index (χ4v) is 5.33. The van der Waals surface area contributed by atoms with E-state index in [0.717, 1.165) is 33.9 Å². The van der Waals surface area contributed by atoms with Crippen molar-refractivity contribution in [1.29, 1.82) is 0 Å². The molecule has 1 heterocycles. The van der Waals surface area contributed by atoms with Crippen LogP contribution in [0.15, 0.2) is 84.1 Å². The van der Waals surface area contributed by atoms with E-state index in [1.54, 1.807) is 11.8 Å². The van der Waals surface area contributed by atoms with Crippen LogP contribution in [-0.4, -0.2) is 17.8 Å². The van der Waals surface area contributed by atoms with Gasteiger partial charge < -0.3 is 10.1 Å². The molecule has 1 aliphatic heterocycles. The van der Waals surface area contributed by atoms with Crippen molar-refractivity contribution in [3.8, 4) is 5.75 Å². The Kier molecular flexibility index (Phi) is 6.40. The van der Waals surface area contributed by atoms with Gasteiger partial charge >= 0.3 is 0 Å². The molecule has 0 saturated heterocycles. The number of ketones is 1. The van der Waals surface area contributed by atoms with E-state index in [-0.39, 0.29) is 23.7 Å². The molecule has 1 amide bonds. The molecular formula is C31H32N2O3. The number of para-hydroxylation sites is 2. The molecule has 184 valence electrons. The van der Waals surface area contributed by atoms with E-state index in [2.05, 4.69) is 36.5 Å². The van der Waals surface area contributed by atoms with Gasteiger partial charge in [0.25, 0.3) is 0 Å². The van der Waals surface area contributed by atoms with Gasteiger partial charge in [0.05, 0.1) is 23.5 Å². The number of nitrogens with zero attached hydrogens (tertiary/aromatic N) is 1. The largest absolute Gasteiger partial charge is 0.491 e. The Hall–Kier alpha value is -3.86. The molecule has 2 atom stereocenters. The lowest BCUT2D eigenvalue weighted by atomic mass is 9.78. The molecule has 1 N–H and O–H groups in total. The van der Waals surface area contributed by atoms with Crippen LogP contribution in [0, 0.1) is 6.92 Å². The quantitative estimate of drug-likeness (QED) is 0.451. The molecule has 5 heteroatoms. The number of fused-ring (bicyclic) bond motifs is 1. The molecule has 0 fully saturated rings. The van der Waals surface area contributed by atoms with Crippen LogP contribution < -0.4 is 15.0 Å². The van der Waals surface area contributed by atoms with E-state index in [9.17, 15) is 9.59 Å². The number of ether oxygens (including phenoxy) is 1. The predicted molar refractivity (Wildman–Crippen MR) is 143 cm³/mol. The molecule has 0 spiro atoms. The SMILES string of the molecule is CC(=O)N1c2ccccc2NC2=C(C(=O)C[C@H](c3ccc(C)cc3)C2)[C@H]1c1ccc(OC(C)C)cc1. The maximum absolute atomic E-state index is 13.9. The lowest BCUT2D eigenvalue weighted by Crippen LogP contribution is -2.37. The van der Waals surface area contributed by atoms with Crippen LogP contribution in [0.5, 0.6) is 5.75 Å². The Morgan fingerprint density at radius 2 is 1.61 bits per heavy atom. The molecule has 1 aliphatic carbocycles. The number of hydrogen-bond donors (Lipinski definition) is 1. The van der Waals surface area contributed by atoms with Crippen LogP contribution in [0.2, 0.25) is 0 Å². The van der Waals surface area contributed by atoms with Crippen LogP contribution in [0.4, 0.5) is 11.4 Å². The van der Waals surface area contributed by atoms with Gasteiger partial charge in [0.2, 0.25) is 5.91 Å². The summed E-state index contributed by atoms with van der Waals surface area (Å²) in [6.45, 7) is 7.61. The third-order valence-electron chi connectivity index (χ3n) is 6.94. The van der Waals surface area contributed by atoms with Crippen LogP contribution in [0.1, 0.15) is 62.3 Å². The van der Waals surface area contributed by atoms with E-state index < -0.39 is 6.04 Å². The molecule has 0 aromatic heterocycles. The highest BCUT2D eigenvalue weighted by Crippen LogP contribution is 2.47. The third kappa shape index (κ3) is 4.53. The lowest BCUT2D eigenvalue weighted by molar-refractivity contribution is -0.117. The van der Waals surface area contributed by atoms with E-state index in [1.165, 1.54) is 5.56 Å². The van der Waals surface area contributed by atoms with Crippen molar-refractivity contribution in [2.45, 2.75) is 58.6 Å². The summed E-state index contributed by atoms with van der Waals surface area (Å²) < 4.78 is 5.84. The number of hydrogen-bond acceptors (Lipinski definition) is 4. The Balaban J connectivity index is 1.64. The first kappa shape index (κ1) is 23.9. The fourth-order valence-electron chi connectivity index (χ4n) is 5.33. The lowest BCUT2D eigenvalue weighted by Gasteiger charge is -2.34. The van der Waals surface area contributed by atoms with Crippen LogP contribution in [0.3, 0.4) is 0 Å². The maximum atomic E-state index is 13.9. The molecule has 0 saturated carbocycles. The van der Waals surface area contributed by atoms with Crippen molar-refractivity contribution in [3.63, 3.8) is 0 Å². The van der Waals surface area contributed by atoms with Gasteiger partial charge in [-0.3, -0.25) is 14.5 Å². The zero-order valence-electron chi connectivity index (χ0n) is 21.2. The normalized spacial score (nSPS) is 19.4. The molecule has 0 unspecified atom stereocenters. The molecule has 0 bridgehead atoms. The van der Waals surface area contributed by atoms with E-state index in [4.69, 9.17) is 4.74 Å². The molecular weight excluding hydrogens is 448 g/mol. The molecule has 3 aromatic carbocycles. The topological polar surface area (TPSA) is 58.6 Å². The number of amides is 1. The number of carbonyl (C=O) groups is 2. The average Bonchev–Trinajstić information content (AvgIpc) is 2.99. The summed E-state index contributed by atoms with van der Waals surface area (Å²) in [5.41, 5.74) is 6.41. The van der Waals surface area contributed by atoms with Gasteiger partial charge in [0, 0.05) is 24.6 Å². The summed E-state index contributed by atoms with van der Waals surface area (Å²) >= 11 is 0. The molecule has 0 radical (unpaired) electrons. The molecule has 5 rings (SSSR count). The number of benzene rings is 3. The first-order chi connectivity index (χ1) is 17.3. The highest BCUT2D eigenvalue weighted by Gasteiger charge is 2.40. The number of nitrogens with one attached hydrogen (secondary N) is 1. The number of aryl methyl sites for hydroxylation is 1. The standard InChI is InChI=1S/C31H32N2O3/c1-19(2)36-25-15-13-23(14-16-25)31-30-27(32-26-7-5-6-8-28(26)33(31)21(4)34)17-24(18-29(30)35)22-11-9-20(3)10-12-22/h5-16,19,24,31-32H,17-18H2,1-4H3/t24-,31-/m1/s1. The van der Waals surface area contributed by atoms with E-state index in [0.29, 0.717) is 18.4 Å². The smallest absolute Gasteiger partial charge is 0.224 e. The van der Waals surface area contributed by atoms with Gasteiger partial charge in [-0.2, -0.15) is 0 Å². The van der Waals surface area contributed by atoms with Crippen LogP contribution in [-0.2, 0) is 9.59 Å². The number of rotatable bonds is 4. The first-order valence-electron chi connectivity index (χ1n) is 12.6. The second kappa shape index (κ2) is 9.65. The Morgan fingerprint density at radius 3 is 2.28 bits per heavy atom. The van der Waals surface area contributed by atoms with Gasteiger partial charge in [-0.15, -0.1) is 0 Å². The fraction of sp³-hybridized carbons (Fsp3) is 0.290. The summed E-state index contributed by atoms with van der Waals surface area (Å²) in [4.78, 5) is 28.8. The minimum Gasteiger partial charge on any atom is -0.491 e. The van der Waals surface area contributed by atoms with Crippen molar-refractivity contribution in [2.75, 3.05) is 10.2 Å². The van der Waals surface area contributed by atoms with E-state index >= 15 is 0 Å². The monoisotopic (exact) mass is 480 g/mol. The van der Waals surface area contributed by atoms with Gasteiger partial charge in [0.15, 0.2) is 5.78 Å². The second-order valence-corrected chi connectivity index (χ2v) is 10.0. The van der Waals surface area contributed by atoms with Gasteiger partial charge in [-0.25, -0.2) is 0 Å². The third-order valence-corrected chi connectivity index (χ3v) is 6.94. The van der Waals surface area contributed by atoms with E-state index in [1.807, 2.05) is 62.4 Å². The Morgan fingerprint density at radius 1 is 0.944 bits per heavy atom. The Labute approximate surface area is 212 Å². The highest BCUT2D eigenvalue weighted by molar-refractivity contribution is 6.06.